The number of rotatable bonds is 12. The summed E-state index contributed by atoms with van der Waals surface area (Å²) < 4.78 is 5.88. The van der Waals surface area contributed by atoms with E-state index in [2.05, 4.69) is 12.2 Å². The van der Waals surface area contributed by atoms with Crippen LogP contribution in [0.15, 0.2) is 72.8 Å². The van der Waals surface area contributed by atoms with Gasteiger partial charge in [-0.15, -0.1) is 0 Å². The molecule has 6 heteroatoms. The molecule has 0 heterocycles. The minimum absolute atomic E-state index is 0.170. The Balaban J connectivity index is 1.89. The highest BCUT2D eigenvalue weighted by Crippen LogP contribution is 2.20. The fraction of sp³-hybridized carbons (Fsp3) is 0.333. The monoisotopic (exact) mass is 506 g/mol. The Morgan fingerprint density at radius 2 is 1.69 bits per heavy atom. The van der Waals surface area contributed by atoms with E-state index in [1.807, 2.05) is 80.6 Å². The highest BCUT2D eigenvalue weighted by atomic mass is 35.5. The predicted octanol–water partition coefficient (Wildman–Crippen LogP) is 5.89. The summed E-state index contributed by atoms with van der Waals surface area (Å²) in [6.07, 6.45) is 2.25. The summed E-state index contributed by atoms with van der Waals surface area (Å²) in [4.78, 5) is 28.6. The molecule has 3 aromatic rings. The van der Waals surface area contributed by atoms with Gasteiger partial charge in [0.05, 0.1) is 0 Å². The maximum Gasteiger partial charge on any atom is 0.261 e. The van der Waals surface area contributed by atoms with Crippen LogP contribution in [0.4, 0.5) is 0 Å². The van der Waals surface area contributed by atoms with E-state index in [0.717, 1.165) is 35.1 Å². The summed E-state index contributed by atoms with van der Waals surface area (Å²) >= 11 is 6.23. The van der Waals surface area contributed by atoms with Gasteiger partial charge in [0, 0.05) is 24.5 Å². The van der Waals surface area contributed by atoms with E-state index in [4.69, 9.17) is 16.3 Å². The fourth-order valence-electron chi connectivity index (χ4n) is 3.92. The standard InChI is InChI=1S/C30H35ClN2O3/c1-4-5-16-32-30(35)28(19-24-10-7-6-8-11-24)33(20-25-12-9-13-26(31)18-25)29(34)21-36-27-15-14-22(2)23(3)17-27/h6-15,17-18,28H,4-5,16,19-21H2,1-3H3,(H,32,35)/t28-/m0/s1. The molecule has 0 unspecified atom stereocenters. The molecule has 0 saturated heterocycles. The molecule has 1 atom stereocenters. The summed E-state index contributed by atoms with van der Waals surface area (Å²) in [5.41, 5.74) is 4.07. The molecule has 3 aromatic carbocycles. The number of aryl methyl sites for hydroxylation is 2. The number of carbonyl (C=O) groups excluding carboxylic acids is 2. The van der Waals surface area contributed by atoms with Gasteiger partial charge >= 0.3 is 0 Å². The largest absolute Gasteiger partial charge is 0.484 e. The molecule has 0 aromatic heterocycles. The molecular formula is C30H35ClN2O3. The van der Waals surface area contributed by atoms with Gasteiger partial charge < -0.3 is 15.0 Å². The third-order valence-corrected chi connectivity index (χ3v) is 6.42. The van der Waals surface area contributed by atoms with Crippen LogP contribution in [0, 0.1) is 13.8 Å². The number of hydrogen-bond acceptors (Lipinski definition) is 3. The maximum absolute atomic E-state index is 13.6. The maximum atomic E-state index is 13.6. The van der Waals surface area contributed by atoms with Crippen molar-refractivity contribution in [3.63, 3.8) is 0 Å². The van der Waals surface area contributed by atoms with Crippen LogP contribution < -0.4 is 10.1 Å². The van der Waals surface area contributed by atoms with Crippen molar-refractivity contribution in [1.29, 1.82) is 0 Å². The lowest BCUT2D eigenvalue weighted by Crippen LogP contribution is -2.51. The smallest absolute Gasteiger partial charge is 0.261 e. The normalized spacial score (nSPS) is 11.6. The first-order chi connectivity index (χ1) is 17.4. The van der Waals surface area contributed by atoms with Gasteiger partial charge in [0.2, 0.25) is 5.91 Å². The summed E-state index contributed by atoms with van der Waals surface area (Å²) in [6, 6.07) is 22.2. The molecule has 0 fully saturated rings. The summed E-state index contributed by atoms with van der Waals surface area (Å²) in [7, 11) is 0. The number of hydrogen-bond donors (Lipinski definition) is 1. The number of nitrogens with zero attached hydrogens (tertiary/aromatic N) is 1. The molecule has 190 valence electrons. The number of unbranched alkanes of at least 4 members (excludes halogenated alkanes) is 1. The van der Waals surface area contributed by atoms with Crippen molar-refractivity contribution in [1.82, 2.24) is 10.2 Å². The SMILES string of the molecule is CCCCNC(=O)[C@H](Cc1ccccc1)N(Cc1cccc(Cl)c1)C(=O)COc1ccc(C)c(C)c1. The van der Waals surface area contributed by atoms with Crippen LogP contribution in [0.5, 0.6) is 5.75 Å². The minimum Gasteiger partial charge on any atom is -0.484 e. The van der Waals surface area contributed by atoms with Crippen LogP contribution in [0.25, 0.3) is 0 Å². The molecule has 3 rings (SSSR count). The molecule has 2 amide bonds. The van der Waals surface area contributed by atoms with Crippen molar-refractivity contribution in [2.75, 3.05) is 13.2 Å². The third-order valence-electron chi connectivity index (χ3n) is 6.18. The molecule has 0 aliphatic heterocycles. The Bertz CT molecular complexity index is 1150. The van der Waals surface area contributed by atoms with Gasteiger partial charge in [-0.2, -0.15) is 0 Å². The third kappa shape index (κ3) is 8.13. The van der Waals surface area contributed by atoms with E-state index < -0.39 is 6.04 Å². The van der Waals surface area contributed by atoms with Gasteiger partial charge in [0.15, 0.2) is 6.61 Å². The second-order valence-electron chi connectivity index (χ2n) is 9.04. The quantitative estimate of drug-likeness (QED) is 0.311. The molecule has 36 heavy (non-hydrogen) atoms. The zero-order valence-electron chi connectivity index (χ0n) is 21.3. The Morgan fingerprint density at radius 3 is 2.39 bits per heavy atom. The van der Waals surface area contributed by atoms with Crippen LogP contribution >= 0.6 is 11.6 Å². The van der Waals surface area contributed by atoms with Crippen LogP contribution in [-0.2, 0) is 22.6 Å². The van der Waals surface area contributed by atoms with Crippen LogP contribution in [-0.4, -0.2) is 35.9 Å². The Hall–Kier alpha value is -3.31. The highest BCUT2D eigenvalue weighted by molar-refractivity contribution is 6.30. The molecule has 1 N–H and O–H groups in total. The summed E-state index contributed by atoms with van der Waals surface area (Å²) in [5, 5.41) is 3.61. The minimum atomic E-state index is -0.695. The van der Waals surface area contributed by atoms with Crippen molar-refractivity contribution in [2.24, 2.45) is 0 Å². The number of halogens is 1. The van der Waals surface area contributed by atoms with Crippen LogP contribution in [0.1, 0.15) is 42.0 Å². The van der Waals surface area contributed by atoms with Crippen LogP contribution in [0.2, 0.25) is 5.02 Å². The first-order valence-electron chi connectivity index (χ1n) is 12.4. The summed E-state index contributed by atoms with van der Waals surface area (Å²) in [6.45, 7) is 6.75. The van der Waals surface area contributed by atoms with E-state index >= 15 is 0 Å². The van der Waals surface area contributed by atoms with E-state index in [9.17, 15) is 9.59 Å². The second-order valence-corrected chi connectivity index (χ2v) is 9.47. The predicted molar refractivity (Wildman–Crippen MR) is 145 cm³/mol. The van der Waals surface area contributed by atoms with E-state index in [1.54, 1.807) is 11.0 Å². The van der Waals surface area contributed by atoms with E-state index in [-0.39, 0.29) is 25.0 Å². The van der Waals surface area contributed by atoms with Crippen molar-refractivity contribution in [2.45, 2.75) is 52.6 Å². The van der Waals surface area contributed by atoms with Gasteiger partial charge in [-0.3, -0.25) is 9.59 Å². The van der Waals surface area contributed by atoms with Crippen molar-refractivity contribution < 1.29 is 14.3 Å². The van der Waals surface area contributed by atoms with Gasteiger partial charge in [0.1, 0.15) is 11.8 Å². The Kier molecular flexibility index (Phi) is 10.4. The first kappa shape index (κ1) is 27.3. The fourth-order valence-corrected chi connectivity index (χ4v) is 4.14. The second kappa shape index (κ2) is 13.7. The molecule has 0 bridgehead atoms. The topological polar surface area (TPSA) is 58.6 Å². The van der Waals surface area contributed by atoms with Gasteiger partial charge in [-0.25, -0.2) is 0 Å². The van der Waals surface area contributed by atoms with Gasteiger partial charge in [-0.05, 0) is 66.8 Å². The van der Waals surface area contributed by atoms with Crippen molar-refractivity contribution >= 4 is 23.4 Å². The van der Waals surface area contributed by atoms with E-state index in [1.165, 1.54) is 0 Å². The number of carbonyl (C=O) groups is 2. The molecule has 0 aliphatic rings. The average Bonchev–Trinajstić information content (AvgIpc) is 2.87. The Morgan fingerprint density at radius 1 is 0.944 bits per heavy atom. The highest BCUT2D eigenvalue weighted by Gasteiger charge is 2.30. The molecule has 5 nitrogen and oxygen atoms in total. The zero-order valence-corrected chi connectivity index (χ0v) is 22.1. The average molecular weight is 507 g/mol. The van der Waals surface area contributed by atoms with Crippen molar-refractivity contribution in [3.05, 3.63) is 100 Å². The molecule has 0 radical (unpaired) electrons. The molecule has 0 saturated carbocycles. The van der Waals surface area contributed by atoms with E-state index in [0.29, 0.717) is 23.7 Å². The lowest BCUT2D eigenvalue weighted by molar-refractivity contribution is -0.142. The number of ether oxygens (including phenoxy) is 1. The molecule has 0 spiro atoms. The van der Waals surface area contributed by atoms with Gasteiger partial charge in [0.25, 0.3) is 5.91 Å². The molecule has 0 aliphatic carbocycles. The Labute approximate surface area is 219 Å². The summed E-state index contributed by atoms with van der Waals surface area (Å²) in [5.74, 6) is 0.190. The number of amides is 2. The lowest BCUT2D eigenvalue weighted by Gasteiger charge is -2.31. The zero-order chi connectivity index (χ0) is 25.9. The van der Waals surface area contributed by atoms with Crippen molar-refractivity contribution in [3.8, 4) is 5.75 Å². The lowest BCUT2D eigenvalue weighted by atomic mass is 10.0. The number of benzene rings is 3. The number of nitrogens with one attached hydrogen (secondary N) is 1. The van der Waals surface area contributed by atoms with Gasteiger partial charge in [-0.1, -0.05) is 73.5 Å². The molecular weight excluding hydrogens is 472 g/mol. The van der Waals surface area contributed by atoms with Crippen LogP contribution in [0.3, 0.4) is 0 Å². The first-order valence-corrected chi connectivity index (χ1v) is 12.8.